The van der Waals surface area contributed by atoms with Gasteiger partial charge in [0.1, 0.15) is 0 Å². The van der Waals surface area contributed by atoms with Gasteiger partial charge in [0.05, 0.1) is 0 Å². The molecule has 0 aliphatic carbocycles. The number of rotatable bonds is 14. The average Bonchev–Trinajstić information content (AvgIpc) is 2.54. The van der Waals surface area contributed by atoms with Crippen molar-refractivity contribution in [2.45, 2.75) is 96.9 Å². The Morgan fingerprint density at radius 2 is 1.38 bits per heavy atom. The molecule has 24 heavy (non-hydrogen) atoms. The first-order chi connectivity index (χ1) is 11.2. The molecule has 0 aromatic heterocycles. The van der Waals surface area contributed by atoms with Crippen LogP contribution in [0.4, 0.5) is 0 Å². The van der Waals surface area contributed by atoms with Crippen LogP contribution in [0.5, 0.6) is 0 Å². The highest BCUT2D eigenvalue weighted by molar-refractivity contribution is 5.85. The Bertz CT molecular complexity index is 365. The molecule has 0 spiro atoms. The van der Waals surface area contributed by atoms with Gasteiger partial charge in [-0.1, -0.05) is 102 Å². The number of unbranched alkanes of at least 4 members (excludes halogenated alkanes) is 8. The normalized spacial score (nSPS) is 13.3. The van der Waals surface area contributed by atoms with Gasteiger partial charge in [0.2, 0.25) is 0 Å². The molecule has 0 radical (unpaired) electrons. The molecule has 1 aromatic rings. The second-order valence-electron chi connectivity index (χ2n) is 7.41. The van der Waals surface area contributed by atoms with Gasteiger partial charge in [0, 0.05) is 6.04 Å². The van der Waals surface area contributed by atoms with Crippen LogP contribution in [0.25, 0.3) is 0 Å². The molecule has 0 saturated heterocycles. The molecular weight excluding hydrogens is 314 g/mol. The molecule has 0 fully saturated rings. The largest absolute Gasteiger partial charge is 0.328 e. The lowest BCUT2D eigenvalue weighted by Gasteiger charge is -2.17. The summed E-state index contributed by atoms with van der Waals surface area (Å²) in [5, 5.41) is 0. The van der Waals surface area contributed by atoms with E-state index in [1.54, 1.807) is 0 Å². The minimum absolute atomic E-state index is 0. The summed E-state index contributed by atoms with van der Waals surface area (Å²) < 4.78 is 0. The van der Waals surface area contributed by atoms with Crippen molar-refractivity contribution in [3.63, 3.8) is 0 Å². The fourth-order valence-electron chi connectivity index (χ4n) is 3.45. The van der Waals surface area contributed by atoms with Crippen molar-refractivity contribution in [1.29, 1.82) is 0 Å². The maximum Gasteiger partial charge on any atom is 0.00414 e. The minimum Gasteiger partial charge on any atom is -0.328 e. The van der Waals surface area contributed by atoms with Crippen molar-refractivity contribution < 1.29 is 0 Å². The van der Waals surface area contributed by atoms with Gasteiger partial charge in [-0.3, -0.25) is 0 Å². The molecular formula is C22H40ClN. The van der Waals surface area contributed by atoms with E-state index in [1.165, 1.54) is 69.8 Å². The lowest BCUT2D eigenvalue weighted by molar-refractivity contribution is 0.428. The third-order valence-electron chi connectivity index (χ3n) is 4.81. The molecule has 0 aliphatic rings. The van der Waals surface area contributed by atoms with E-state index in [0.29, 0.717) is 12.0 Å². The van der Waals surface area contributed by atoms with Crippen LogP contribution < -0.4 is 5.73 Å². The van der Waals surface area contributed by atoms with E-state index in [2.05, 4.69) is 44.2 Å². The predicted octanol–water partition coefficient (Wildman–Crippen LogP) is 6.93. The maximum atomic E-state index is 6.32. The fraction of sp³-hybridized carbons (Fsp3) is 0.727. The summed E-state index contributed by atoms with van der Waals surface area (Å²) in [4.78, 5) is 0. The number of hydrogen-bond donors (Lipinski definition) is 1. The second kappa shape index (κ2) is 16.0. The zero-order valence-corrected chi connectivity index (χ0v) is 16.8. The Hall–Kier alpha value is -0.530. The lowest BCUT2D eigenvalue weighted by atomic mass is 9.92. The van der Waals surface area contributed by atoms with E-state index in [4.69, 9.17) is 5.73 Å². The Kier molecular flexibility index (Phi) is 15.6. The zero-order valence-electron chi connectivity index (χ0n) is 16.0. The lowest BCUT2D eigenvalue weighted by Crippen LogP contribution is -2.23. The molecule has 0 amide bonds. The molecule has 0 saturated carbocycles. The maximum absolute atomic E-state index is 6.32. The summed E-state index contributed by atoms with van der Waals surface area (Å²) >= 11 is 0. The summed E-state index contributed by atoms with van der Waals surface area (Å²) in [5.41, 5.74) is 7.76. The molecule has 0 aliphatic heterocycles. The van der Waals surface area contributed by atoms with Gasteiger partial charge in [-0.05, 0) is 30.7 Å². The first-order valence-corrected chi connectivity index (χ1v) is 10.0. The van der Waals surface area contributed by atoms with Crippen molar-refractivity contribution in [2.24, 2.45) is 11.7 Å². The molecule has 2 N–H and O–H groups in total. The summed E-state index contributed by atoms with van der Waals surface area (Å²) in [6.07, 6.45) is 16.1. The summed E-state index contributed by atoms with van der Waals surface area (Å²) in [6, 6.07) is 11.2. The van der Waals surface area contributed by atoms with Crippen molar-refractivity contribution >= 4 is 12.4 Å². The Morgan fingerprint density at radius 1 is 0.833 bits per heavy atom. The Morgan fingerprint density at radius 3 is 1.96 bits per heavy atom. The van der Waals surface area contributed by atoms with Crippen molar-refractivity contribution in [1.82, 2.24) is 0 Å². The van der Waals surface area contributed by atoms with Crippen molar-refractivity contribution in [3.8, 4) is 0 Å². The molecule has 2 unspecified atom stereocenters. The van der Waals surface area contributed by atoms with Gasteiger partial charge in [0.25, 0.3) is 0 Å². The van der Waals surface area contributed by atoms with Gasteiger partial charge in [-0.25, -0.2) is 0 Å². The van der Waals surface area contributed by atoms with Crippen LogP contribution in [0.2, 0.25) is 0 Å². The SMILES string of the molecule is CCCCCCCCCCCC(N)CC(C)Cc1ccccc1.Cl. The number of hydrogen-bond acceptors (Lipinski definition) is 1. The highest BCUT2D eigenvalue weighted by atomic mass is 35.5. The van der Waals surface area contributed by atoms with Crippen LogP contribution >= 0.6 is 12.4 Å². The third kappa shape index (κ3) is 12.8. The van der Waals surface area contributed by atoms with Crippen LogP contribution in [0.1, 0.15) is 90.0 Å². The van der Waals surface area contributed by atoms with Gasteiger partial charge in [-0.15, -0.1) is 12.4 Å². The molecule has 0 heterocycles. The quantitative estimate of drug-likeness (QED) is 0.360. The predicted molar refractivity (Wildman–Crippen MR) is 111 cm³/mol. The molecule has 1 aromatic carbocycles. The number of nitrogens with two attached hydrogens (primary N) is 1. The van der Waals surface area contributed by atoms with E-state index >= 15 is 0 Å². The molecule has 0 bridgehead atoms. The molecule has 2 heteroatoms. The van der Waals surface area contributed by atoms with E-state index in [-0.39, 0.29) is 12.4 Å². The van der Waals surface area contributed by atoms with Gasteiger partial charge in [-0.2, -0.15) is 0 Å². The summed E-state index contributed by atoms with van der Waals surface area (Å²) in [6.45, 7) is 4.62. The molecule has 1 rings (SSSR count). The Balaban J connectivity index is 0.00000529. The molecule has 2 atom stereocenters. The van der Waals surface area contributed by atoms with Crippen LogP contribution in [-0.4, -0.2) is 6.04 Å². The minimum atomic E-state index is 0. The van der Waals surface area contributed by atoms with Crippen LogP contribution in [0, 0.1) is 5.92 Å². The first kappa shape index (κ1) is 23.5. The molecule has 140 valence electrons. The summed E-state index contributed by atoms with van der Waals surface area (Å²) in [7, 11) is 0. The number of benzene rings is 1. The monoisotopic (exact) mass is 353 g/mol. The van der Waals surface area contributed by atoms with Crippen molar-refractivity contribution in [2.75, 3.05) is 0 Å². The van der Waals surface area contributed by atoms with Crippen LogP contribution in [0.3, 0.4) is 0 Å². The highest BCUT2D eigenvalue weighted by Gasteiger charge is 2.09. The van der Waals surface area contributed by atoms with Crippen LogP contribution in [0.15, 0.2) is 30.3 Å². The van der Waals surface area contributed by atoms with Crippen molar-refractivity contribution in [3.05, 3.63) is 35.9 Å². The Labute approximate surface area is 157 Å². The second-order valence-corrected chi connectivity index (χ2v) is 7.41. The standard InChI is InChI=1S/C22H39N.ClH/c1-3-4-5-6-7-8-9-10-14-17-22(23)19-20(2)18-21-15-12-11-13-16-21;/h11-13,15-16,20,22H,3-10,14,17-19,23H2,1-2H3;1H. The smallest absolute Gasteiger partial charge is 0.00414 e. The topological polar surface area (TPSA) is 26.0 Å². The average molecular weight is 354 g/mol. The summed E-state index contributed by atoms with van der Waals surface area (Å²) in [5.74, 6) is 0.686. The van der Waals surface area contributed by atoms with Gasteiger partial charge >= 0.3 is 0 Å². The van der Waals surface area contributed by atoms with E-state index in [1.807, 2.05) is 0 Å². The first-order valence-electron chi connectivity index (χ1n) is 10.0. The fourth-order valence-corrected chi connectivity index (χ4v) is 3.45. The highest BCUT2D eigenvalue weighted by Crippen LogP contribution is 2.16. The van der Waals surface area contributed by atoms with E-state index < -0.39 is 0 Å². The van der Waals surface area contributed by atoms with Gasteiger partial charge in [0.15, 0.2) is 0 Å². The van der Waals surface area contributed by atoms with Gasteiger partial charge < -0.3 is 5.73 Å². The van der Waals surface area contributed by atoms with E-state index in [0.717, 1.165) is 12.8 Å². The van der Waals surface area contributed by atoms with Crippen LogP contribution in [-0.2, 0) is 6.42 Å². The third-order valence-corrected chi connectivity index (χ3v) is 4.81. The zero-order chi connectivity index (χ0) is 16.8. The number of halogens is 1. The van der Waals surface area contributed by atoms with E-state index in [9.17, 15) is 0 Å². The molecule has 1 nitrogen and oxygen atoms in total.